The van der Waals surface area contributed by atoms with Crippen LogP contribution >= 0.6 is 23.6 Å². The molecule has 2 heterocycles. The smallest absolute Gasteiger partial charge is 0.266 e. The van der Waals surface area contributed by atoms with E-state index in [4.69, 9.17) is 12.2 Å². The summed E-state index contributed by atoms with van der Waals surface area (Å²) in [6, 6.07) is 16.5. The van der Waals surface area contributed by atoms with Gasteiger partial charge in [0, 0.05) is 22.9 Å². The average molecular weight is 364 g/mol. The predicted octanol–water partition coefficient (Wildman–Crippen LogP) is 4.93. The van der Waals surface area contributed by atoms with Gasteiger partial charge in [0.25, 0.3) is 5.91 Å². The molecule has 2 aromatic carbocycles. The Balaban J connectivity index is 1.77. The number of aromatic hydroxyl groups is 1. The van der Waals surface area contributed by atoms with Crippen molar-refractivity contribution in [1.82, 2.24) is 4.57 Å². The largest absolute Gasteiger partial charge is 0.493 e. The van der Waals surface area contributed by atoms with Gasteiger partial charge in [-0.3, -0.25) is 9.79 Å². The fraction of sp³-hybridized carbons (Fsp3) is 0. The van der Waals surface area contributed by atoms with E-state index < -0.39 is 0 Å². The van der Waals surface area contributed by atoms with Gasteiger partial charge in [0.1, 0.15) is 0 Å². The predicted molar refractivity (Wildman–Crippen MR) is 103 cm³/mol. The monoisotopic (exact) mass is 364 g/mol. The molecule has 0 unspecified atom stereocenters. The highest BCUT2D eigenvalue weighted by Gasteiger charge is 2.19. The number of para-hydroxylation sites is 1. The molecule has 25 heavy (non-hydrogen) atoms. The molecule has 0 fully saturated rings. The van der Waals surface area contributed by atoms with Crippen molar-refractivity contribution in [2.75, 3.05) is 0 Å². The van der Waals surface area contributed by atoms with Gasteiger partial charge < -0.3 is 5.11 Å². The van der Waals surface area contributed by atoms with E-state index in [9.17, 15) is 9.90 Å². The third-order valence-electron chi connectivity index (χ3n) is 3.88. The number of aromatic nitrogens is 1. The number of nitrogens with zero attached hydrogens (tertiary/aromatic N) is 2. The van der Waals surface area contributed by atoms with Gasteiger partial charge in [-0.2, -0.15) is 0 Å². The Morgan fingerprint density at radius 2 is 1.84 bits per heavy atom. The van der Waals surface area contributed by atoms with Gasteiger partial charge in [-0.1, -0.05) is 36.4 Å². The number of benzene rings is 2. The zero-order chi connectivity index (χ0) is 17.4. The molecule has 1 aliphatic rings. The topological polar surface area (TPSA) is 54.6 Å². The Kier molecular flexibility index (Phi) is 3.91. The van der Waals surface area contributed by atoms with E-state index in [2.05, 4.69) is 4.99 Å². The first-order valence-corrected chi connectivity index (χ1v) is 8.77. The van der Waals surface area contributed by atoms with E-state index in [1.165, 1.54) is 15.9 Å². The highest BCUT2D eigenvalue weighted by molar-refractivity contribution is 7.73. The van der Waals surface area contributed by atoms with Gasteiger partial charge in [0.15, 0.2) is 3.95 Å². The maximum absolute atomic E-state index is 12.6. The second-order valence-corrected chi connectivity index (χ2v) is 7.11. The van der Waals surface area contributed by atoms with E-state index in [0.29, 0.717) is 14.4 Å². The lowest BCUT2D eigenvalue weighted by Gasteiger charge is -2.03. The molecule has 122 valence electrons. The van der Waals surface area contributed by atoms with Crippen LogP contribution in [-0.4, -0.2) is 21.8 Å². The van der Waals surface area contributed by atoms with Gasteiger partial charge in [-0.15, -0.1) is 11.3 Å². The van der Waals surface area contributed by atoms with Crippen LogP contribution in [0, 0.1) is 3.95 Å². The van der Waals surface area contributed by atoms with Crippen LogP contribution in [0.15, 0.2) is 59.6 Å². The van der Waals surface area contributed by atoms with Crippen molar-refractivity contribution in [2.24, 2.45) is 4.99 Å². The van der Waals surface area contributed by atoms with Gasteiger partial charge in [-0.05, 0) is 36.5 Å². The number of carbonyl (C=O) groups is 1. The maximum Gasteiger partial charge on any atom is 0.266 e. The van der Waals surface area contributed by atoms with Crippen LogP contribution in [0.1, 0.15) is 20.8 Å². The molecule has 0 atom stereocenters. The fourth-order valence-electron chi connectivity index (χ4n) is 2.66. The number of aliphatic imine (C=N–C) groups is 1. The first-order chi connectivity index (χ1) is 12.1. The number of hydrogen-bond acceptors (Lipinski definition) is 5. The van der Waals surface area contributed by atoms with Gasteiger partial charge >= 0.3 is 0 Å². The molecule has 3 aromatic rings. The summed E-state index contributed by atoms with van der Waals surface area (Å²) in [7, 11) is 0. The molecule has 6 heteroatoms. The summed E-state index contributed by atoms with van der Waals surface area (Å²) in [4.78, 5) is 17.5. The number of carbonyl (C=O) groups excluding carboxylic acids is 1. The Morgan fingerprint density at radius 3 is 2.64 bits per heavy atom. The van der Waals surface area contributed by atoms with Crippen LogP contribution in [-0.2, 0) is 0 Å². The molecule has 0 saturated heterocycles. The molecule has 0 bridgehead atoms. The highest BCUT2D eigenvalue weighted by atomic mass is 32.1. The van der Waals surface area contributed by atoms with Crippen LogP contribution < -0.4 is 0 Å². The zero-order valence-electron chi connectivity index (χ0n) is 12.9. The van der Waals surface area contributed by atoms with Gasteiger partial charge in [0.2, 0.25) is 5.88 Å². The molecule has 0 spiro atoms. The first-order valence-electron chi connectivity index (χ1n) is 7.55. The minimum atomic E-state index is -0.343. The molecule has 0 saturated carbocycles. The summed E-state index contributed by atoms with van der Waals surface area (Å²) in [5.41, 5.74) is 3.22. The summed E-state index contributed by atoms with van der Waals surface area (Å²) < 4.78 is 1.47. The number of hydrogen-bond donors (Lipinski definition) is 1. The van der Waals surface area contributed by atoms with E-state index in [-0.39, 0.29) is 11.8 Å². The summed E-state index contributed by atoms with van der Waals surface area (Å²) >= 11 is 6.49. The number of thiazole rings is 1. The van der Waals surface area contributed by atoms with Crippen molar-refractivity contribution in [1.29, 1.82) is 0 Å². The van der Waals surface area contributed by atoms with E-state index in [1.54, 1.807) is 36.6 Å². The lowest BCUT2D eigenvalue weighted by atomic mass is 10.1. The number of rotatable bonds is 2. The standard InChI is InChI=1S/C19H12N2O2S2/c22-17(12-6-2-1-3-7-12)21-18(23)16(25-19(21)24)10-13-11-20-15-9-5-4-8-14(13)15/h1-11,23H/b13-10+. The summed E-state index contributed by atoms with van der Waals surface area (Å²) in [5, 5.41) is 10.5. The molecule has 0 amide bonds. The number of allylic oxidation sites excluding steroid dienone is 1. The van der Waals surface area contributed by atoms with Crippen LogP contribution in [0.2, 0.25) is 0 Å². The minimum Gasteiger partial charge on any atom is -0.493 e. The summed E-state index contributed by atoms with van der Waals surface area (Å²) in [6.07, 6.45) is 3.55. The Bertz CT molecular complexity index is 1090. The molecule has 4 rings (SSSR count). The molecule has 0 aliphatic carbocycles. The third kappa shape index (κ3) is 2.75. The summed E-state index contributed by atoms with van der Waals surface area (Å²) in [6.45, 7) is 0. The van der Waals surface area contributed by atoms with Crippen molar-refractivity contribution >= 4 is 53.0 Å². The second-order valence-electron chi connectivity index (χ2n) is 5.44. The molecule has 1 N–H and O–H groups in total. The Labute approximate surface area is 153 Å². The third-order valence-corrected chi connectivity index (χ3v) is 5.19. The first kappa shape index (κ1) is 15.7. The zero-order valence-corrected chi connectivity index (χ0v) is 14.6. The van der Waals surface area contributed by atoms with Crippen molar-refractivity contribution in [2.45, 2.75) is 0 Å². The maximum atomic E-state index is 12.6. The van der Waals surface area contributed by atoms with Crippen LogP contribution in [0.25, 0.3) is 11.6 Å². The Morgan fingerprint density at radius 1 is 1.12 bits per heavy atom. The van der Waals surface area contributed by atoms with Crippen molar-refractivity contribution < 1.29 is 9.90 Å². The normalized spacial score (nSPS) is 14.0. The minimum absolute atomic E-state index is 0.144. The molecular formula is C19H12N2O2S2. The van der Waals surface area contributed by atoms with Crippen molar-refractivity contribution in [3.8, 4) is 5.88 Å². The lowest BCUT2D eigenvalue weighted by molar-refractivity contribution is 0.0950. The highest BCUT2D eigenvalue weighted by Crippen LogP contribution is 2.35. The molecule has 0 radical (unpaired) electrons. The average Bonchev–Trinajstić information content (AvgIpc) is 3.17. The van der Waals surface area contributed by atoms with Gasteiger partial charge in [0.05, 0.1) is 10.6 Å². The van der Waals surface area contributed by atoms with Gasteiger partial charge in [-0.25, -0.2) is 4.57 Å². The molecule has 4 nitrogen and oxygen atoms in total. The van der Waals surface area contributed by atoms with E-state index >= 15 is 0 Å². The van der Waals surface area contributed by atoms with Crippen molar-refractivity contribution in [3.05, 3.63) is 74.6 Å². The second kappa shape index (κ2) is 6.23. The van der Waals surface area contributed by atoms with Crippen LogP contribution in [0.3, 0.4) is 0 Å². The molecule has 1 aromatic heterocycles. The number of fused-ring (bicyclic) bond motifs is 1. The van der Waals surface area contributed by atoms with E-state index in [0.717, 1.165) is 16.8 Å². The SMILES string of the molecule is O=C(c1ccccc1)n1c(O)c(/C=C2\C=Nc3ccccc32)sc1=S. The Hall–Kier alpha value is -2.83. The quantitative estimate of drug-likeness (QED) is 0.656. The summed E-state index contributed by atoms with van der Waals surface area (Å²) in [5.74, 6) is -0.487. The lowest BCUT2D eigenvalue weighted by Crippen LogP contribution is -2.11. The molecule has 1 aliphatic heterocycles. The fourth-order valence-corrected chi connectivity index (χ4v) is 3.92. The van der Waals surface area contributed by atoms with Crippen LogP contribution in [0.5, 0.6) is 5.88 Å². The van der Waals surface area contributed by atoms with E-state index in [1.807, 2.05) is 30.3 Å². The van der Waals surface area contributed by atoms with Crippen molar-refractivity contribution in [3.63, 3.8) is 0 Å². The molecular weight excluding hydrogens is 352 g/mol. The van der Waals surface area contributed by atoms with Crippen LogP contribution in [0.4, 0.5) is 5.69 Å².